The predicted molar refractivity (Wildman–Crippen MR) is 46.0 cm³/mol. The Balaban J connectivity index is 1.97. The third-order valence-electron chi connectivity index (χ3n) is 2.96. The van der Waals surface area contributed by atoms with Gasteiger partial charge in [-0.2, -0.15) is 0 Å². The summed E-state index contributed by atoms with van der Waals surface area (Å²) in [6, 6.07) is 0. The molecule has 1 aliphatic heterocycles. The molecule has 0 spiro atoms. The minimum Gasteiger partial charge on any atom is -0.253 e. The second kappa shape index (κ2) is 2.74. The Morgan fingerprint density at radius 1 is 1.00 bits per heavy atom. The summed E-state index contributed by atoms with van der Waals surface area (Å²) in [6.45, 7) is 2.49. The van der Waals surface area contributed by atoms with Crippen LogP contribution in [0.15, 0.2) is 0 Å². The molecule has 1 aliphatic carbocycles. The van der Waals surface area contributed by atoms with Crippen molar-refractivity contribution in [2.45, 2.75) is 25.7 Å². The molecule has 0 aromatic heterocycles. The zero-order valence-electron chi connectivity index (χ0n) is 6.29. The van der Waals surface area contributed by atoms with Gasteiger partial charge in [-0.15, -0.1) is 0 Å². The number of hydrogen-bond donors (Lipinski definition) is 1. The van der Waals surface area contributed by atoms with E-state index in [2.05, 4.69) is 17.1 Å². The molecule has 0 aromatic carbocycles. The van der Waals surface area contributed by atoms with Gasteiger partial charge in [-0.3, -0.25) is 4.31 Å². The average Bonchev–Trinajstić information content (AvgIpc) is 2.27. The lowest BCUT2D eigenvalue weighted by Crippen LogP contribution is -2.16. The van der Waals surface area contributed by atoms with Crippen molar-refractivity contribution in [3.05, 3.63) is 0 Å². The van der Waals surface area contributed by atoms with Crippen LogP contribution in [0.1, 0.15) is 25.7 Å². The van der Waals surface area contributed by atoms with E-state index in [-0.39, 0.29) is 0 Å². The van der Waals surface area contributed by atoms with Crippen molar-refractivity contribution < 1.29 is 0 Å². The lowest BCUT2D eigenvalue weighted by atomic mass is 9.82. The van der Waals surface area contributed by atoms with E-state index < -0.39 is 0 Å². The molecule has 0 N–H and O–H groups in total. The minimum atomic E-state index is 0.992. The molecule has 10 heavy (non-hydrogen) atoms. The number of nitrogens with zero attached hydrogens (tertiary/aromatic N) is 1. The van der Waals surface area contributed by atoms with Gasteiger partial charge in [-0.1, -0.05) is 25.7 Å². The highest BCUT2D eigenvalue weighted by Crippen LogP contribution is 2.36. The first-order chi connectivity index (χ1) is 4.86. The van der Waals surface area contributed by atoms with Gasteiger partial charge in [0.1, 0.15) is 0 Å². The highest BCUT2D eigenvalue weighted by molar-refractivity contribution is 7.77. The van der Waals surface area contributed by atoms with E-state index in [4.69, 9.17) is 0 Å². The summed E-state index contributed by atoms with van der Waals surface area (Å²) in [6.07, 6.45) is 5.84. The molecular weight excluding hydrogens is 142 g/mol. The summed E-state index contributed by atoms with van der Waals surface area (Å²) in [7, 11) is 0. The molecule has 2 rings (SSSR count). The van der Waals surface area contributed by atoms with Gasteiger partial charge < -0.3 is 0 Å². The van der Waals surface area contributed by atoms with Crippen LogP contribution in [0.5, 0.6) is 0 Å². The van der Waals surface area contributed by atoms with E-state index in [9.17, 15) is 0 Å². The van der Waals surface area contributed by atoms with Crippen molar-refractivity contribution in [1.29, 1.82) is 0 Å². The third-order valence-corrected chi connectivity index (χ3v) is 3.28. The maximum absolute atomic E-state index is 4.38. The number of fused-ring (bicyclic) bond motifs is 1. The fourth-order valence-corrected chi connectivity index (χ4v) is 2.80. The van der Waals surface area contributed by atoms with E-state index >= 15 is 0 Å². The van der Waals surface area contributed by atoms with Gasteiger partial charge >= 0.3 is 0 Å². The molecule has 1 heterocycles. The normalized spacial score (nSPS) is 41.7. The van der Waals surface area contributed by atoms with Crippen LogP contribution in [-0.2, 0) is 0 Å². The zero-order valence-corrected chi connectivity index (χ0v) is 7.19. The maximum Gasteiger partial charge on any atom is 0.0119 e. The van der Waals surface area contributed by atoms with Gasteiger partial charge in [0.2, 0.25) is 0 Å². The second-order valence-corrected chi connectivity index (χ2v) is 4.24. The van der Waals surface area contributed by atoms with Crippen LogP contribution in [-0.4, -0.2) is 17.4 Å². The Kier molecular flexibility index (Phi) is 1.92. The van der Waals surface area contributed by atoms with Crippen molar-refractivity contribution in [1.82, 2.24) is 4.31 Å². The van der Waals surface area contributed by atoms with Crippen molar-refractivity contribution >= 4 is 12.8 Å². The maximum atomic E-state index is 4.38. The van der Waals surface area contributed by atoms with Crippen molar-refractivity contribution in [3.63, 3.8) is 0 Å². The van der Waals surface area contributed by atoms with Crippen LogP contribution in [0.4, 0.5) is 0 Å². The molecule has 1 saturated heterocycles. The van der Waals surface area contributed by atoms with Crippen LogP contribution >= 0.6 is 12.8 Å². The molecule has 1 saturated carbocycles. The van der Waals surface area contributed by atoms with Crippen LogP contribution in [0.25, 0.3) is 0 Å². The third kappa shape index (κ3) is 1.19. The van der Waals surface area contributed by atoms with Crippen LogP contribution in [0.3, 0.4) is 0 Å². The fraction of sp³-hybridized carbons (Fsp3) is 1.00. The highest BCUT2D eigenvalue weighted by atomic mass is 32.1. The molecule has 0 amide bonds. The van der Waals surface area contributed by atoms with Gasteiger partial charge in [-0.05, 0) is 24.7 Å². The second-order valence-electron chi connectivity index (χ2n) is 3.68. The lowest BCUT2D eigenvalue weighted by Gasteiger charge is -2.22. The molecule has 2 heteroatoms. The SMILES string of the molecule is SN1CC2CCCCC2C1. The predicted octanol–water partition coefficient (Wildman–Crippen LogP) is 1.95. The molecule has 58 valence electrons. The lowest BCUT2D eigenvalue weighted by molar-refractivity contribution is 0.299. The van der Waals surface area contributed by atoms with Gasteiger partial charge in [0.15, 0.2) is 0 Å². The van der Waals surface area contributed by atoms with Crippen LogP contribution in [0.2, 0.25) is 0 Å². The Bertz CT molecular complexity index is 112. The number of rotatable bonds is 0. The van der Waals surface area contributed by atoms with Crippen molar-refractivity contribution in [3.8, 4) is 0 Å². The summed E-state index contributed by atoms with van der Waals surface area (Å²) in [5, 5.41) is 0. The number of thiol groups is 1. The molecular formula is C8H15NS. The van der Waals surface area contributed by atoms with Gasteiger partial charge in [0.05, 0.1) is 0 Å². The molecule has 2 unspecified atom stereocenters. The standard InChI is InChI=1S/C8H15NS/c10-9-5-7-3-1-2-4-8(7)6-9/h7-8,10H,1-6H2. The quantitative estimate of drug-likeness (QED) is 0.526. The summed E-state index contributed by atoms with van der Waals surface area (Å²) in [5.74, 6) is 1.98. The fourth-order valence-electron chi connectivity index (χ4n) is 2.38. The molecule has 2 fully saturated rings. The van der Waals surface area contributed by atoms with E-state index in [1.807, 2.05) is 0 Å². The Morgan fingerprint density at radius 2 is 1.50 bits per heavy atom. The van der Waals surface area contributed by atoms with Crippen molar-refractivity contribution in [2.75, 3.05) is 13.1 Å². The number of hydrogen-bond acceptors (Lipinski definition) is 2. The van der Waals surface area contributed by atoms with Crippen LogP contribution < -0.4 is 0 Å². The van der Waals surface area contributed by atoms with Gasteiger partial charge in [0.25, 0.3) is 0 Å². The summed E-state index contributed by atoms with van der Waals surface area (Å²) >= 11 is 4.38. The minimum absolute atomic E-state index is 0.992. The first kappa shape index (κ1) is 6.99. The molecule has 0 radical (unpaired) electrons. The Morgan fingerprint density at radius 3 is 2.00 bits per heavy atom. The van der Waals surface area contributed by atoms with E-state index in [1.165, 1.54) is 38.8 Å². The Hall–Kier alpha value is 0.310. The zero-order chi connectivity index (χ0) is 6.97. The summed E-state index contributed by atoms with van der Waals surface area (Å²) in [4.78, 5) is 0. The largest absolute Gasteiger partial charge is 0.253 e. The highest BCUT2D eigenvalue weighted by Gasteiger charge is 2.32. The van der Waals surface area contributed by atoms with Gasteiger partial charge in [0, 0.05) is 13.1 Å². The molecule has 1 nitrogen and oxygen atoms in total. The Labute approximate surface area is 68.3 Å². The van der Waals surface area contributed by atoms with Crippen LogP contribution in [0, 0.1) is 11.8 Å². The first-order valence-corrected chi connectivity index (χ1v) is 4.70. The van der Waals surface area contributed by atoms with Crippen molar-refractivity contribution in [2.24, 2.45) is 11.8 Å². The smallest absolute Gasteiger partial charge is 0.0119 e. The van der Waals surface area contributed by atoms with E-state index in [1.54, 1.807) is 0 Å². The first-order valence-electron chi connectivity index (χ1n) is 4.30. The van der Waals surface area contributed by atoms with Gasteiger partial charge in [-0.25, -0.2) is 0 Å². The average molecular weight is 157 g/mol. The molecule has 0 aromatic rings. The molecule has 2 aliphatic rings. The molecule has 2 atom stereocenters. The monoisotopic (exact) mass is 157 g/mol. The van der Waals surface area contributed by atoms with E-state index in [0.29, 0.717) is 0 Å². The molecule has 0 bridgehead atoms. The topological polar surface area (TPSA) is 3.24 Å². The van der Waals surface area contributed by atoms with E-state index in [0.717, 1.165) is 11.8 Å². The summed E-state index contributed by atoms with van der Waals surface area (Å²) in [5.41, 5.74) is 0. The summed E-state index contributed by atoms with van der Waals surface area (Å²) < 4.78 is 2.20.